The number of Topliss-reactive ketones (excluding diaryl/α,β-unsaturated/α-hetero) is 1. The summed E-state index contributed by atoms with van der Waals surface area (Å²) in [6, 6.07) is 15.3. The second kappa shape index (κ2) is 7.99. The third-order valence-corrected chi connectivity index (χ3v) is 4.32. The Kier molecular flexibility index (Phi) is 5.08. The quantitative estimate of drug-likeness (QED) is 0.504. The molecule has 4 aromatic rings. The van der Waals surface area contributed by atoms with Gasteiger partial charge in [0, 0.05) is 18.1 Å². The van der Waals surface area contributed by atoms with Crippen LogP contribution in [-0.2, 0) is 0 Å². The number of rotatable bonds is 6. The molecule has 0 aliphatic heterocycles. The number of carbonyl (C=O) groups is 1. The third kappa shape index (κ3) is 3.87. The van der Waals surface area contributed by atoms with Gasteiger partial charge in [0.2, 0.25) is 5.78 Å². The van der Waals surface area contributed by atoms with E-state index >= 15 is 0 Å². The molecule has 144 valence electrons. The van der Waals surface area contributed by atoms with Gasteiger partial charge in [0.1, 0.15) is 24.5 Å². The number of hydrogen-bond donors (Lipinski definition) is 1. The number of anilines is 2. The third-order valence-electron chi connectivity index (χ3n) is 4.32. The average Bonchev–Trinajstić information content (AvgIpc) is 2.78. The van der Waals surface area contributed by atoms with Gasteiger partial charge < -0.3 is 14.7 Å². The van der Waals surface area contributed by atoms with Gasteiger partial charge in [-0.2, -0.15) is 0 Å². The van der Waals surface area contributed by atoms with E-state index in [2.05, 4.69) is 19.9 Å². The molecule has 0 bridgehead atoms. The first-order valence-corrected chi connectivity index (χ1v) is 8.83. The van der Waals surface area contributed by atoms with Crippen LogP contribution in [0.2, 0.25) is 0 Å². The number of carbonyl (C=O) groups excluding carboxylic acids is 1. The fourth-order valence-corrected chi connectivity index (χ4v) is 2.84. The van der Waals surface area contributed by atoms with Crippen molar-refractivity contribution in [2.45, 2.75) is 0 Å². The Morgan fingerprint density at radius 2 is 1.69 bits per heavy atom. The highest BCUT2D eigenvalue weighted by Crippen LogP contribution is 2.30. The number of aliphatic hydroxyl groups excluding tert-OH is 1. The van der Waals surface area contributed by atoms with E-state index in [-0.39, 0.29) is 5.82 Å². The summed E-state index contributed by atoms with van der Waals surface area (Å²) in [5, 5.41) is 9.80. The Balaban J connectivity index is 1.52. The smallest absolute Gasteiger partial charge is 0.225 e. The molecule has 0 saturated heterocycles. The molecule has 4 rings (SSSR count). The topological polar surface area (TPSA) is 101 Å². The minimum atomic E-state index is -0.628. The molecule has 1 N–H and O–H groups in total. The van der Waals surface area contributed by atoms with Crippen molar-refractivity contribution in [2.75, 3.05) is 18.6 Å². The van der Waals surface area contributed by atoms with Crippen molar-refractivity contribution in [1.82, 2.24) is 19.9 Å². The second-order valence-electron chi connectivity index (χ2n) is 6.19. The maximum atomic E-state index is 11.4. The molecule has 0 aliphatic rings. The van der Waals surface area contributed by atoms with E-state index in [9.17, 15) is 4.79 Å². The van der Waals surface area contributed by atoms with Gasteiger partial charge in [0.25, 0.3) is 0 Å². The molecule has 0 amide bonds. The summed E-state index contributed by atoms with van der Waals surface area (Å²) in [4.78, 5) is 29.8. The van der Waals surface area contributed by atoms with Crippen molar-refractivity contribution in [3.63, 3.8) is 0 Å². The van der Waals surface area contributed by atoms with Gasteiger partial charge in [-0.3, -0.25) is 4.79 Å². The lowest BCUT2D eigenvalue weighted by Gasteiger charge is -2.20. The second-order valence-corrected chi connectivity index (χ2v) is 6.19. The Hall–Kier alpha value is -3.91. The zero-order valence-corrected chi connectivity index (χ0v) is 15.6. The summed E-state index contributed by atoms with van der Waals surface area (Å²) >= 11 is 0. The van der Waals surface area contributed by atoms with E-state index in [4.69, 9.17) is 9.84 Å². The maximum absolute atomic E-state index is 11.4. The zero-order valence-electron chi connectivity index (χ0n) is 15.6. The van der Waals surface area contributed by atoms with E-state index in [0.29, 0.717) is 11.5 Å². The van der Waals surface area contributed by atoms with Crippen molar-refractivity contribution in [1.29, 1.82) is 0 Å². The van der Waals surface area contributed by atoms with E-state index in [0.717, 1.165) is 22.4 Å². The zero-order chi connectivity index (χ0) is 20.2. The summed E-state index contributed by atoms with van der Waals surface area (Å²) < 4.78 is 5.71. The highest BCUT2D eigenvalue weighted by molar-refractivity contribution is 5.93. The van der Waals surface area contributed by atoms with Crippen LogP contribution in [0.5, 0.6) is 11.5 Å². The van der Waals surface area contributed by atoms with E-state index in [1.807, 2.05) is 60.5 Å². The van der Waals surface area contributed by atoms with Gasteiger partial charge >= 0.3 is 0 Å². The summed E-state index contributed by atoms with van der Waals surface area (Å²) in [7, 11) is 1.94. The monoisotopic (exact) mass is 387 g/mol. The van der Waals surface area contributed by atoms with Gasteiger partial charge in [-0.1, -0.05) is 12.1 Å². The van der Waals surface area contributed by atoms with Crippen LogP contribution in [0.25, 0.3) is 10.9 Å². The number of para-hydroxylation sites is 1. The molecule has 8 nitrogen and oxygen atoms in total. The molecule has 0 aliphatic carbocycles. The maximum Gasteiger partial charge on any atom is 0.225 e. The first kappa shape index (κ1) is 18.5. The predicted octanol–water partition coefficient (Wildman–Crippen LogP) is 3.16. The van der Waals surface area contributed by atoms with Crippen molar-refractivity contribution in [2.24, 2.45) is 0 Å². The number of fused-ring (bicyclic) bond motifs is 1. The van der Waals surface area contributed by atoms with Crippen LogP contribution in [-0.4, -0.2) is 44.5 Å². The number of aliphatic hydroxyl groups is 1. The summed E-state index contributed by atoms with van der Waals surface area (Å²) in [6.45, 7) is -0.628. The number of ether oxygens (including phenoxy) is 1. The van der Waals surface area contributed by atoms with E-state index < -0.39 is 12.4 Å². The molecule has 2 heterocycles. The number of hydrogen-bond acceptors (Lipinski definition) is 8. The van der Waals surface area contributed by atoms with Crippen LogP contribution >= 0.6 is 0 Å². The Morgan fingerprint density at radius 3 is 2.41 bits per heavy atom. The first-order chi connectivity index (χ1) is 14.2. The normalized spacial score (nSPS) is 10.7. The van der Waals surface area contributed by atoms with Gasteiger partial charge in [0.05, 0.1) is 17.9 Å². The van der Waals surface area contributed by atoms with Crippen LogP contribution in [0, 0.1) is 0 Å². The van der Waals surface area contributed by atoms with Crippen LogP contribution in [0.3, 0.4) is 0 Å². The lowest BCUT2D eigenvalue weighted by Crippen LogP contribution is -2.11. The van der Waals surface area contributed by atoms with Gasteiger partial charge in [-0.15, -0.1) is 0 Å². The highest BCUT2D eigenvalue weighted by atomic mass is 16.5. The largest absolute Gasteiger partial charge is 0.454 e. The van der Waals surface area contributed by atoms with E-state index in [1.54, 1.807) is 6.33 Å². The summed E-state index contributed by atoms with van der Waals surface area (Å²) in [5.41, 5.74) is 1.81. The fraction of sp³-hybridized carbons (Fsp3) is 0.0952. The molecule has 0 saturated carbocycles. The molecule has 29 heavy (non-hydrogen) atoms. The SMILES string of the molecule is CN(c1ccc(Oc2cnc(C(=O)CO)nc2)cc1)c1ncnc2ccccc12. The molecular formula is C21H17N5O3. The molecule has 0 atom stereocenters. The highest BCUT2D eigenvalue weighted by Gasteiger charge is 2.11. The van der Waals surface area contributed by atoms with Crippen molar-refractivity contribution >= 4 is 28.2 Å². The Morgan fingerprint density at radius 1 is 0.966 bits per heavy atom. The molecule has 0 spiro atoms. The van der Waals surface area contributed by atoms with Crippen LogP contribution in [0.4, 0.5) is 11.5 Å². The number of ketones is 1. The average molecular weight is 387 g/mol. The van der Waals surface area contributed by atoms with Gasteiger partial charge in [0.15, 0.2) is 11.6 Å². The molecular weight excluding hydrogens is 370 g/mol. The molecule has 2 aromatic carbocycles. The summed E-state index contributed by atoms with van der Waals surface area (Å²) in [5.74, 6) is 1.21. The van der Waals surface area contributed by atoms with Gasteiger partial charge in [-0.25, -0.2) is 19.9 Å². The molecule has 0 radical (unpaired) electrons. The minimum Gasteiger partial charge on any atom is -0.454 e. The fourth-order valence-electron chi connectivity index (χ4n) is 2.84. The van der Waals surface area contributed by atoms with Crippen LogP contribution in [0.15, 0.2) is 67.3 Å². The number of benzene rings is 2. The first-order valence-electron chi connectivity index (χ1n) is 8.83. The van der Waals surface area contributed by atoms with Crippen molar-refractivity contribution < 1.29 is 14.6 Å². The van der Waals surface area contributed by atoms with Crippen molar-refractivity contribution in [3.8, 4) is 11.5 Å². The van der Waals surface area contributed by atoms with Gasteiger partial charge in [-0.05, 0) is 36.4 Å². The molecule has 0 fully saturated rings. The Bertz CT molecular complexity index is 1140. The standard InChI is InChI=1S/C21H17N5O3/c1-26(21-17-4-2-3-5-18(17)24-13-25-21)14-6-8-15(9-7-14)29-16-10-22-20(23-11-16)19(28)12-27/h2-11,13,27H,12H2,1H3. The van der Waals surface area contributed by atoms with Crippen LogP contribution in [0.1, 0.15) is 10.6 Å². The lowest BCUT2D eigenvalue weighted by atomic mass is 10.2. The molecule has 8 heteroatoms. The summed E-state index contributed by atoms with van der Waals surface area (Å²) in [6.07, 6.45) is 4.34. The lowest BCUT2D eigenvalue weighted by molar-refractivity contribution is 0.0893. The van der Waals surface area contributed by atoms with E-state index in [1.165, 1.54) is 12.4 Å². The number of aromatic nitrogens is 4. The minimum absolute atomic E-state index is 0.0473. The molecule has 0 unspecified atom stereocenters. The predicted molar refractivity (Wildman–Crippen MR) is 108 cm³/mol. The molecule has 2 aromatic heterocycles. The number of nitrogens with zero attached hydrogens (tertiary/aromatic N) is 5. The van der Waals surface area contributed by atoms with Crippen LogP contribution < -0.4 is 9.64 Å². The Labute approximate surface area is 166 Å². The van der Waals surface area contributed by atoms with Crippen molar-refractivity contribution in [3.05, 3.63) is 73.1 Å².